The SMILES string of the molecule is CCn1cc(CC(=O)B(F)F)c(=O)c2ccc(N3CCN(C)CC3)cc21. The third-order valence-corrected chi connectivity index (χ3v) is 4.96. The fraction of sp³-hybridized carbons (Fsp3) is 0.444. The van der Waals surface area contributed by atoms with E-state index >= 15 is 0 Å². The minimum absolute atomic E-state index is 0.122. The van der Waals surface area contributed by atoms with Gasteiger partial charge in [0.05, 0.1) is 5.52 Å². The summed E-state index contributed by atoms with van der Waals surface area (Å²) in [6, 6.07) is 5.62. The minimum atomic E-state index is -3.06. The molecule has 2 heterocycles. The molecule has 8 heteroatoms. The monoisotopic (exact) mass is 361 g/mol. The van der Waals surface area contributed by atoms with Gasteiger partial charge in [0.25, 0.3) is 0 Å². The van der Waals surface area contributed by atoms with Crippen molar-refractivity contribution >= 4 is 29.5 Å². The first-order chi connectivity index (χ1) is 12.4. The highest BCUT2D eigenvalue weighted by Gasteiger charge is 2.26. The van der Waals surface area contributed by atoms with Crippen LogP contribution < -0.4 is 10.3 Å². The van der Waals surface area contributed by atoms with Gasteiger partial charge in [-0.1, -0.05) is 0 Å². The fourth-order valence-corrected chi connectivity index (χ4v) is 3.35. The van der Waals surface area contributed by atoms with Gasteiger partial charge in [-0.3, -0.25) is 13.4 Å². The Hall–Kier alpha value is -2.22. The quantitative estimate of drug-likeness (QED) is 0.763. The lowest BCUT2D eigenvalue weighted by atomic mass is 9.86. The maximum atomic E-state index is 12.7. The fourth-order valence-electron chi connectivity index (χ4n) is 3.35. The molecule has 0 spiro atoms. The first-order valence-electron chi connectivity index (χ1n) is 8.81. The number of piperazine rings is 1. The summed E-state index contributed by atoms with van der Waals surface area (Å²) >= 11 is 0. The molecule has 1 aromatic heterocycles. The molecule has 0 aliphatic carbocycles. The zero-order valence-electron chi connectivity index (χ0n) is 15.0. The molecule has 0 atom stereocenters. The number of hydrogen-bond donors (Lipinski definition) is 0. The number of aromatic nitrogens is 1. The van der Waals surface area contributed by atoms with Crippen molar-refractivity contribution in [3.05, 3.63) is 40.2 Å². The number of carbonyl (C=O) groups is 1. The van der Waals surface area contributed by atoms with E-state index < -0.39 is 19.4 Å². The van der Waals surface area contributed by atoms with Gasteiger partial charge in [-0.25, -0.2) is 0 Å². The van der Waals surface area contributed by atoms with Crippen molar-refractivity contribution in [1.29, 1.82) is 0 Å². The number of nitrogens with zero attached hydrogens (tertiary/aromatic N) is 3. The van der Waals surface area contributed by atoms with Crippen LogP contribution in [0.3, 0.4) is 0 Å². The molecule has 138 valence electrons. The van der Waals surface area contributed by atoms with Crippen LogP contribution in [0.4, 0.5) is 14.3 Å². The van der Waals surface area contributed by atoms with Crippen molar-refractivity contribution in [3.63, 3.8) is 0 Å². The molecule has 0 N–H and O–H groups in total. The van der Waals surface area contributed by atoms with Crippen molar-refractivity contribution in [2.75, 3.05) is 38.1 Å². The molecule has 0 bridgehead atoms. The lowest BCUT2D eigenvalue weighted by molar-refractivity contribution is -0.112. The van der Waals surface area contributed by atoms with Crippen LogP contribution in [0.25, 0.3) is 10.9 Å². The number of benzene rings is 1. The summed E-state index contributed by atoms with van der Waals surface area (Å²) in [6.07, 6.45) is 1.01. The Bertz CT molecular complexity index is 877. The average molecular weight is 361 g/mol. The molecule has 26 heavy (non-hydrogen) atoms. The Kier molecular flexibility index (Phi) is 5.41. The smallest absolute Gasteiger partial charge is 0.369 e. The predicted molar refractivity (Wildman–Crippen MR) is 100 cm³/mol. The van der Waals surface area contributed by atoms with Crippen LogP contribution in [0, 0.1) is 0 Å². The number of rotatable bonds is 5. The molecule has 0 unspecified atom stereocenters. The van der Waals surface area contributed by atoms with E-state index in [9.17, 15) is 18.2 Å². The van der Waals surface area contributed by atoms with Gasteiger partial charge < -0.3 is 19.2 Å². The van der Waals surface area contributed by atoms with Crippen LogP contribution in [0.2, 0.25) is 0 Å². The topological polar surface area (TPSA) is 45.6 Å². The Morgan fingerprint density at radius 3 is 2.50 bits per heavy atom. The molecule has 0 saturated carbocycles. The van der Waals surface area contributed by atoms with Gasteiger partial charge in [0.15, 0.2) is 11.1 Å². The molecule has 1 aliphatic rings. The second kappa shape index (κ2) is 7.57. The third kappa shape index (κ3) is 3.65. The Morgan fingerprint density at radius 1 is 1.19 bits per heavy atom. The number of carbonyl (C=O) groups excluding carboxylic acids is 1. The van der Waals surface area contributed by atoms with E-state index in [-0.39, 0.29) is 11.0 Å². The zero-order chi connectivity index (χ0) is 18.8. The Morgan fingerprint density at radius 2 is 1.88 bits per heavy atom. The summed E-state index contributed by atoms with van der Waals surface area (Å²) < 4.78 is 27.0. The molecule has 1 aliphatic heterocycles. The average Bonchev–Trinajstić information content (AvgIpc) is 2.64. The van der Waals surface area contributed by atoms with Gasteiger partial charge >= 0.3 is 7.27 Å². The van der Waals surface area contributed by atoms with Gasteiger partial charge in [0.1, 0.15) is 0 Å². The molecule has 1 saturated heterocycles. The number of pyridine rings is 1. The van der Waals surface area contributed by atoms with Crippen molar-refractivity contribution in [2.45, 2.75) is 19.9 Å². The predicted octanol–water partition coefficient (Wildman–Crippen LogP) is 1.85. The highest BCUT2D eigenvalue weighted by Crippen LogP contribution is 2.22. The minimum Gasteiger partial charge on any atom is -0.369 e. The number of likely N-dealkylation sites (N-methyl/N-ethyl adjacent to an activating group) is 1. The largest absolute Gasteiger partial charge is 0.609 e. The first kappa shape index (κ1) is 18.6. The molecular formula is C18H22BF2N3O2. The summed E-state index contributed by atoms with van der Waals surface area (Å²) in [5, 5.41) is 0.462. The van der Waals surface area contributed by atoms with Crippen molar-refractivity contribution < 1.29 is 13.4 Å². The van der Waals surface area contributed by atoms with Crippen LogP contribution in [-0.2, 0) is 17.8 Å². The molecule has 2 aromatic rings. The van der Waals surface area contributed by atoms with Crippen LogP contribution in [0.1, 0.15) is 12.5 Å². The summed E-state index contributed by atoms with van der Waals surface area (Å²) in [7, 11) is -0.964. The molecule has 0 amide bonds. The highest BCUT2D eigenvalue weighted by molar-refractivity contribution is 6.79. The van der Waals surface area contributed by atoms with Crippen LogP contribution in [0.15, 0.2) is 29.2 Å². The number of hydrogen-bond acceptors (Lipinski definition) is 4. The van der Waals surface area contributed by atoms with Gasteiger partial charge in [-0.2, -0.15) is 0 Å². The van der Waals surface area contributed by atoms with E-state index in [0.717, 1.165) is 37.4 Å². The summed E-state index contributed by atoms with van der Waals surface area (Å²) in [4.78, 5) is 28.6. The Balaban J connectivity index is 2.01. The first-order valence-corrected chi connectivity index (χ1v) is 8.81. The third-order valence-electron chi connectivity index (χ3n) is 4.96. The Labute approximate surface area is 151 Å². The summed E-state index contributed by atoms with van der Waals surface area (Å²) in [5.74, 6) is 0. The lowest BCUT2D eigenvalue weighted by Gasteiger charge is -2.34. The van der Waals surface area contributed by atoms with E-state index in [1.54, 1.807) is 12.3 Å². The van der Waals surface area contributed by atoms with E-state index in [1.807, 2.05) is 23.6 Å². The van der Waals surface area contributed by atoms with Gasteiger partial charge in [-0.05, 0) is 32.2 Å². The van der Waals surface area contributed by atoms with Gasteiger partial charge in [0, 0.05) is 62.0 Å². The van der Waals surface area contributed by atoms with Crippen LogP contribution in [0.5, 0.6) is 0 Å². The van der Waals surface area contributed by atoms with Crippen LogP contribution >= 0.6 is 0 Å². The number of anilines is 1. The highest BCUT2D eigenvalue weighted by atomic mass is 19.2. The van der Waals surface area contributed by atoms with E-state index in [4.69, 9.17) is 0 Å². The molecule has 1 fully saturated rings. The van der Waals surface area contributed by atoms with Gasteiger partial charge in [0.2, 0.25) is 0 Å². The summed E-state index contributed by atoms with van der Waals surface area (Å²) in [5.41, 5.74) is 0.365. The molecule has 3 rings (SSSR count). The number of halogens is 2. The second-order valence-corrected chi connectivity index (χ2v) is 6.71. The molecule has 1 aromatic carbocycles. The van der Waals surface area contributed by atoms with Crippen molar-refractivity contribution in [2.24, 2.45) is 0 Å². The maximum absolute atomic E-state index is 12.7. The number of fused-ring (bicyclic) bond motifs is 1. The standard InChI is InChI=1S/C18H22BF2N3O2/c1-3-23-12-13(10-17(25)19(20)21)18(26)15-5-4-14(11-16(15)23)24-8-6-22(2)7-9-24/h4-5,11-12H,3,6-10H2,1-2H3. The summed E-state index contributed by atoms with van der Waals surface area (Å²) in [6.45, 7) is 6.29. The molecular weight excluding hydrogens is 339 g/mol. The lowest BCUT2D eigenvalue weighted by Crippen LogP contribution is -2.44. The van der Waals surface area contributed by atoms with Crippen molar-refractivity contribution in [3.8, 4) is 0 Å². The maximum Gasteiger partial charge on any atom is 0.609 e. The van der Waals surface area contributed by atoms with E-state index in [1.165, 1.54) is 0 Å². The van der Waals surface area contributed by atoms with E-state index in [0.29, 0.717) is 11.9 Å². The number of aryl methyl sites for hydroxylation is 1. The normalized spacial score (nSPS) is 15.5. The van der Waals surface area contributed by atoms with Crippen molar-refractivity contribution in [1.82, 2.24) is 9.47 Å². The molecule has 0 radical (unpaired) electrons. The zero-order valence-corrected chi connectivity index (χ0v) is 15.0. The molecule has 5 nitrogen and oxygen atoms in total. The van der Waals surface area contributed by atoms with E-state index in [2.05, 4.69) is 16.8 Å². The van der Waals surface area contributed by atoms with Gasteiger partial charge in [-0.15, -0.1) is 0 Å². The van der Waals surface area contributed by atoms with Crippen LogP contribution in [-0.4, -0.2) is 55.6 Å². The second-order valence-electron chi connectivity index (χ2n) is 6.71.